The molecule has 2 atom stereocenters. The Hall–Kier alpha value is -6.69. The van der Waals surface area contributed by atoms with Gasteiger partial charge in [0.2, 0.25) is 11.8 Å². The van der Waals surface area contributed by atoms with Gasteiger partial charge in [-0.05, 0) is 131 Å². The molecule has 68 heavy (non-hydrogen) atoms. The lowest BCUT2D eigenvalue weighted by atomic mass is 9.86. The predicted molar refractivity (Wildman–Crippen MR) is 254 cm³/mol. The van der Waals surface area contributed by atoms with Crippen molar-refractivity contribution in [2.75, 3.05) is 65.1 Å². The number of nitrogens with zero attached hydrogens (tertiary/aromatic N) is 5. The minimum atomic E-state index is -0.642. The fourth-order valence-electron chi connectivity index (χ4n) is 8.78. The molecule has 2 fully saturated rings. The monoisotopic (exact) mass is 927 g/mol. The predicted octanol–water partition coefficient (Wildman–Crippen LogP) is 6.20. The zero-order valence-electron chi connectivity index (χ0n) is 38.8. The van der Waals surface area contributed by atoms with Crippen LogP contribution >= 0.6 is 0 Å². The molecule has 5 aromatic rings. The summed E-state index contributed by atoms with van der Waals surface area (Å²) < 4.78 is 23.5. The third kappa shape index (κ3) is 12.2. The average molecular weight is 928 g/mol. The maximum Gasteiger partial charge on any atom is 0.255 e. The molecule has 4 N–H and O–H groups in total. The Bertz CT molecular complexity index is 2510. The van der Waals surface area contributed by atoms with Crippen molar-refractivity contribution in [3.63, 3.8) is 0 Å². The van der Waals surface area contributed by atoms with E-state index in [1.165, 1.54) is 4.90 Å². The van der Waals surface area contributed by atoms with E-state index in [1.54, 1.807) is 24.5 Å². The number of amides is 4. The molecular formula is C51H61N9O8. The SMILES string of the molecule is CC(NC(=O)c1cccc(NC2(c3nc(-c4ccncc4)n[nH]3)CCN(C)CC2)c1)c1cccc(OCCCCCOCCCOCCOc2ccc3c(c2)CN(C2CCC(=O)NC2=O)C3=O)c1. The number of H-pyrrole nitrogens is 1. The van der Waals surface area contributed by atoms with Crippen molar-refractivity contribution < 1.29 is 38.1 Å². The van der Waals surface area contributed by atoms with Crippen LogP contribution in [0.4, 0.5) is 5.69 Å². The fourth-order valence-corrected chi connectivity index (χ4v) is 8.78. The normalized spacial score (nSPS) is 17.4. The van der Waals surface area contributed by atoms with E-state index in [9.17, 15) is 19.2 Å². The van der Waals surface area contributed by atoms with Crippen molar-refractivity contribution in [2.45, 2.75) is 82.5 Å². The van der Waals surface area contributed by atoms with Gasteiger partial charge in [-0.15, -0.1) is 0 Å². The summed E-state index contributed by atoms with van der Waals surface area (Å²) in [6.45, 7) is 7.26. The highest BCUT2D eigenvalue weighted by Gasteiger charge is 2.40. The topological polar surface area (TPSA) is 202 Å². The fraction of sp³-hybridized carbons (Fsp3) is 0.431. The number of benzene rings is 3. The van der Waals surface area contributed by atoms with Crippen molar-refractivity contribution in [3.8, 4) is 22.9 Å². The summed E-state index contributed by atoms with van der Waals surface area (Å²) >= 11 is 0. The Morgan fingerprint density at radius 1 is 0.838 bits per heavy atom. The van der Waals surface area contributed by atoms with Crippen molar-refractivity contribution in [1.82, 2.24) is 40.6 Å². The molecular weight excluding hydrogens is 867 g/mol. The number of pyridine rings is 1. The number of carbonyl (C=O) groups is 4. The van der Waals surface area contributed by atoms with E-state index < -0.39 is 17.5 Å². The van der Waals surface area contributed by atoms with Crippen molar-refractivity contribution in [1.29, 1.82) is 0 Å². The van der Waals surface area contributed by atoms with Crippen LogP contribution in [0.1, 0.15) is 102 Å². The Morgan fingerprint density at radius 2 is 1.59 bits per heavy atom. The zero-order chi connectivity index (χ0) is 47.3. The molecule has 2 unspecified atom stereocenters. The highest BCUT2D eigenvalue weighted by molar-refractivity contribution is 6.05. The molecule has 0 bridgehead atoms. The van der Waals surface area contributed by atoms with Crippen molar-refractivity contribution in [3.05, 3.63) is 119 Å². The van der Waals surface area contributed by atoms with Gasteiger partial charge in [0.25, 0.3) is 11.8 Å². The molecule has 0 spiro atoms. The van der Waals surface area contributed by atoms with Crippen LogP contribution in [0.5, 0.6) is 11.5 Å². The lowest BCUT2D eigenvalue weighted by Crippen LogP contribution is -2.52. The summed E-state index contributed by atoms with van der Waals surface area (Å²) in [6.07, 6.45) is 9.23. The molecule has 358 valence electrons. The highest BCUT2D eigenvalue weighted by atomic mass is 16.5. The minimum Gasteiger partial charge on any atom is -0.494 e. The van der Waals surface area contributed by atoms with E-state index >= 15 is 0 Å². The van der Waals surface area contributed by atoms with Gasteiger partial charge in [0.15, 0.2) is 11.6 Å². The second-order valence-corrected chi connectivity index (χ2v) is 17.7. The molecule has 3 aliphatic heterocycles. The van der Waals surface area contributed by atoms with Gasteiger partial charge in [-0.3, -0.25) is 34.6 Å². The molecule has 3 aliphatic rings. The van der Waals surface area contributed by atoms with Gasteiger partial charge in [0, 0.05) is 80.6 Å². The summed E-state index contributed by atoms with van der Waals surface area (Å²) in [4.78, 5) is 63.2. The van der Waals surface area contributed by atoms with E-state index in [1.807, 2.05) is 73.7 Å². The largest absolute Gasteiger partial charge is 0.494 e. The molecule has 2 saturated heterocycles. The van der Waals surface area contributed by atoms with Gasteiger partial charge in [0.05, 0.1) is 24.8 Å². The van der Waals surface area contributed by atoms with E-state index in [0.29, 0.717) is 75.3 Å². The molecule has 17 heteroatoms. The number of aromatic amines is 1. The van der Waals surface area contributed by atoms with Gasteiger partial charge in [0.1, 0.15) is 24.1 Å². The summed E-state index contributed by atoms with van der Waals surface area (Å²) in [7, 11) is 2.12. The first-order valence-corrected chi connectivity index (χ1v) is 23.6. The third-order valence-corrected chi connectivity index (χ3v) is 12.7. The number of aromatic nitrogens is 4. The number of ether oxygens (including phenoxy) is 4. The van der Waals surface area contributed by atoms with E-state index in [-0.39, 0.29) is 30.2 Å². The minimum absolute atomic E-state index is 0.165. The number of rotatable bonds is 23. The second kappa shape index (κ2) is 22.9. The zero-order valence-corrected chi connectivity index (χ0v) is 38.8. The summed E-state index contributed by atoms with van der Waals surface area (Å²) in [5, 5.41) is 17.0. The summed E-state index contributed by atoms with van der Waals surface area (Å²) in [6, 6.07) is 23.7. The maximum absolute atomic E-state index is 13.6. The number of imide groups is 1. The number of fused-ring (bicyclic) bond motifs is 1. The van der Waals surface area contributed by atoms with Crippen LogP contribution in [0.15, 0.2) is 91.3 Å². The van der Waals surface area contributed by atoms with Gasteiger partial charge in [-0.2, -0.15) is 5.10 Å². The van der Waals surface area contributed by atoms with Gasteiger partial charge < -0.3 is 39.4 Å². The molecule has 5 heterocycles. The number of unbranched alkanes of at least 4 members (excludes halogenated alkanes) is 2. The van der Waals surface area contributed by atoms with Crippen LogP contribution in [-0.2, 0) is 31.1 Å². The standard InChI is InChI=1S/C51H61N9O8/c1-35(53-47(62)38-10-6-11-40(31-38)56-51(19-23-59(2)24-20-51)50-55-46(57-58-50)36-17-21-52-22-18-36)37-9-7-12-41(32-37)67-28-5-3-4-25-65-26-8-27-66-29-30-68-42-13-14-43-39(33-42)34-60(49(43)64)44-15-16-45(61)54-48(44)63/h6-7,9-14,17-18,21-22,31-33,35,44,56H,3-5,8,15-16,19-20,23-30,34H2,1-2H3,(H,53,62)(H,54,61,63)(H,55,57,58). The number of hydrogen-bond donors (Lipinski definition) is 4. The average Bonchev–Trinajstić information content (AvgIpc) is 3.98. The van der Waals surface area contributed by atoms with Crippen LogP contribution in [0.2, 0.25) is 0 Å². The number of hydrogen-bond acceptors (Lipinski definition) is 13. The first kappa shape index (κ1) is 47.8. The number of carbonyl (C=O) groups excluding carboxylic acids is 4. The van der Waals surface area contributed by atoms with Crippen LogP contribution in [0, 0.1) is 0 Å². The first-order chi connectivity index (χ1) is 33.1. The molecule has 8 rings (SSSR count). The van der Waals surface area contributed by atoms with Crippen molar-refractivity contribution in [2.24, 2.45) is 0 Å². The van der Waals surface area contributed by atoms with Gasteiger partial charge in [-0.25, -0.2) is 4.98 Å². The maximum atomic E-state index is 13.6. The Kier molecular flexibility index (Phi) is 16.1. The Balaban J connectivity index is 0.685. The molecule has 17 nitrogen and oxygen atoms in total. The van der Waals surface area contributed by atoms with Crippen molar-refractivity contribution >= 4 is 29.3 Å². The number of likely N-dealkylation sites (tertiary alicyclic amines) is 1. The molecule has 3 aromatic carbocycles. The first-order valence-electron chi connectivity index (χ1n) is 23.6. The Morgan fingerprint density at radius 3 is 2.41 bits per heavy atom. The Labute approximate surface area is 396 Å². The van der Waals surface area contributed by atoms with E-state index in [4.69, 9.17) is 23.9 Å². The smallest absolute Gasteiger partial charge is 0.255 e. The van der Waals surface area contributed by atoms with Crippen LogP contribution in [0.3, 0.4) is 0 Å². The molecule has 0 aliphatic carbocycles. The second-order valence-electron chi connectivity index (χ2n) is 17.7. The highest BCUT2D eigenvalue weighted by Crippen LogP contribution is 2.36. The molecule has 0 saturated carbocycles. The number of anilines is 1. The molecule has 2 aromatic heterocycles. The van der Waals surface area contributed by atoms with Crippen LogP contribution in [0.25, 0.3) is 11.4 Å². The van der Waals surface area contributed by atoms with E-state index in [2.05, 4.69) is 43.1 Å². The third-order valence-electron chi connectivity index (χ3n) is 12.7. The summed E-state index contributed by atoms with van der Waals surface area (Å²) in [5.74, 6) is 1.69. The lowest BCUT2D eigenvalue weighted by Gasteiger charge is -2.40. The number of piperidine rings is 2. The molecule has 0 radical (unpaired) electrons. The van der Waals surface area contributed by atoms with Crippen LogP contribution in [-0.4, -0.2) is 119 Å². The summed E-state index contributed by atoms with van der Waals surface area (Å²) in [5.41, 5.74) is 4.11. The quantitative estimate of drug-likeness (QED) is 0.0427. The molecule has 4 amide bonds. The number of nitrogens with one attached hydrogen (secondary N) is 4. The van der Waals surface area contributed by atoms with Gasteiger partial charge in [-0.1, -0.05) is 18.2 Å². The van der Waals surface area contributed by atoms with Gasteiger partial charge >= 0.3 is 0 Å². The van der Waals surface area contributed by atoms with E-state index in [0.717, 1.165) is 85.6 Å². The van der Waals surface area contributed by atoms with Crippen LogP contribution < -0.4 is 25.4 Å². The lowest BCUT2D eigenvalue weighted by molar-refractivity contribution is -0.136.